The number of nitrogens with one attached hydrogen (secondary N) is 1. The summed E-state index contributed by atoms with van der Waals surface area (Å²) in [6, 6.07) is 11.5. The van der Waals surface area contributed by atoms with Crippen molar-refractivity contribution >= 4 is 0 Å². The lowest BCUT2D eigenvalue weighted by Gasteiger charge is -2.29. The van der Waals surface area contributed by atoms with Crippen molar-refractivity contribution in [3.63, 3.8) is 0 Å². The fourth-order valence-corrected chi connectivity index (χ4v) is 3.27. The first-order valence-corrected chi connectivity index (χ1v) is 8.02. The van der Waals surface area contributed by atoms with Crippen LogP contribution in [0.3, 0.4) is 0 Å². The van der Waals surface area contributed by atoms with Gasteiger partial charge in [-0.3, -0.25) is 0 Å². The maximum atomic E-state index is 4.18. The maximum Gasteiger partial charge on any atom is 0.146 e. The number of rotatable bonds is 5. The van der Waals surface area contributed by atoms with Crippen molar-refractivity contribution in [1.82, 2.24) is 20.1 Å². The van der Waals surface area contributed by atoms with Gasteiger partial charge >= 0.3 is 0 Å². The minimum atomic E-state index is 0.618. The molecule has 0 atom stereocenters. The van der Waals surface area contributed by atoms with E-state index in [1.807, 2.05) is 6.33 Å². The second-order valence-electron chi connectivity index (χ2n) is 5.87. The van der Waals surface area contributed by atoms with Crippen LogP contribution in [0, 0.1) is 0 Å². The summed E-state index contributed by atoms with van der Waals surface area (Å²) in [5, 5.41) is 11.8. The molecule has 1 N–H and O–H groups in total. The largest absolute Gasteiger partial charge is 0.317 e. The molecule has 0 radical (unpaired) electrons. The Morgan fingerprint density at radius 2 is 1.90 bits per heavy atom. The Morgan fingerprint density at radius 1 is 1.14 bits per heavy atom. The average Bonchev–Trinajstić information content (AvgIpc) is 3.02. The van der Waals surface area contributed by atoms with Crippen LogP contribution >= 0.6 is 0 Å². The van der Waals surface area contributed by atoms with E-state index in [4.69, 9.17) is 0 Å². The standard InChI is InChI=1S/C17H24N4/c1-2-21-13-19-20-17(21)12-18-16-10-8-15(9-11-16)14-6-4-3-5-7-14/h3-7,13,15-16,18H,2,8-12H2,1H3. The predicted octanol–water partition coefficient (Wildman–Crippen LogP) is 3.11. The Labute approximate surface area is 126 Å². The molecule has 0 saturated heterocycles. The molecule has 2 aromatic rings. The van der Waals surface area contributed by atoms with Crippen molar-refractivity contribution in [2.45, 2.75) is 57.7 Å². The number of aromatic nitrogens is 3. The molecule has 1 aliphatic carbocycles. The van der Waals surface area contributed by atoms with Gasteiger partial charge in [-0.05, 0) is 44.1 Å². The summed E-state index contributed by atoms with van der Waals surface area (Å²) in [4.78, 5) is 0. The number of nitrogens with zero attached hydrogens (tertiary/aromatic N) is 3. The molecular weight excluding hydrogens is 260 g/mol. The lowest BCUT2D eigenvalue weighted by molar-refractivity contribution is 0.337. The van der Waals surface area contributed by atoms with Crippen LogP contribution in [0.5, 0.6) is 0 Å². The Balaban J connectivity index is 1.48. The highest BCUT2D eigenvalue weighted by Gasteiger charge is 2.22. The maximum absolute atomic E-state index is 4.18. The van der Waals surface area contributed by atoms with E-state index >= 15 is 0 Å². The molecule has 112 valence electrons. The lowest BCUT2D eigenvalue weighted by atomic mass is 9.82. The van der Waals surface area contributed by atoms with Gasteiger partial charge in [-0.25, -0.2) is 0 Å². The van der Waals surface area contributed by atoms with Gasteiger partial charge in [0.2, 0.25) is 0 Å². The topological polar surface area (TPSA) is 42.7 Å². The molecule has 0 aliphatic heterocycles. The Kier molecular flexibility index (Phi) is 4.65. The van der Waals surface area contributed by atoms with Crippen LogP contribution in [-0.2, 0) is 13.1 Å². The second kappa shape index (κ2) is 6.85. The first kappa shape index (κ1) is 14.3. The summed E-state index contributed by atoms with van der Waals surface area (Å²) in [5.41, 5.74) is 1.50. The van der Waals surface area contributed by atoms with Crippen LogP contribution in [0.4, 0.5) is 0 Å². The van der Waals surface area contributed by atoms with Gasteiger partial charge in [-0.2, -0.15) is 0 Å². The van der Waals surface area contributed by atoms with Crippen molar-refractivity contribution in [3.05, 3.63) is 48.0 Å². The molecule has 1 saturated carbocycles. The molecule has 1 aromatic heterocycles. The quantitative estimate of drug-likeness (QED) is 0.917. The van der Waals surface area contributed by atoms with Crippen molar-refractivity contribution < 1.29 is 0 Å². The molecule has 1 fully saturated rings. The highest BCUT2D eigenvalue weighted by Crippen LogP contribution is 2.32. The van der Waals surface area contributed by atoms with Crippen molar-refractivity contribution in [2.24, 2.45) is 0 Å². The lowest BCUT2D eigenvalue weighted by Crippen LogP contribution is -2.33. The molecule has 0 spiro atoms. The summed E-state index contributed by atoms with van der Waals surface area (Å²) in [6.07, 6.45) is 6.87. The molecule has 1 heterocycles. The molecule has 1 aromatic carbocycles. The summed E-state index contributed by atoms with van der Waals surface area (Å²) in [5.74, 6) is 1.78. The minimum absolute atomic E-state index is 0.618. The number of hydrogen-bond donors (Lipinski definition) is 1. The SMILES string of the molecule is CCn1cnnc1CNC1CCC(c2ccccc2)CC1. The summed E-state index contributed by atoms with van der Waals surface area (Å²) in [7, 11) is 0. The third-order valence-corrected chi connectivity index (χ3v) is 4.58. The summed E-state index contributed by atoms with van der Waals surface area (Å²) in [6.45, 7) is 3.89. The third-order valence-electron chi connectivity index (χ3n) is 4.58. The zero-order chi connectivity index (χ0) is 14.5. The average molecular weight is 284 g/mol. The Bertz CT molecular complexity index is 541. The van der Waals surface area contributed by atoms with E-state index in [2.05, 4.69) is 57.3 Å². The zero-order valence-corrected chi connectivity index (χ0v) is 12.7. The van der Waals surface area contributed by atoms with Gasteiger partial charge in [-0.1, -0.05) is 30.3 Å². The fourth-order valence-electron chi connectivity index (χ4n) is 3.27. The highest BCUT2D eigenvalue weighted by atomic mass is 15.3. The van der Waals surface area contributed by atoms with Crippen molar-refractivity contribution in [1.29, 1.82) is 0 Å². The van der Waals surface area contributed by atoms with E-state index in [0.29, 0.717) is 6.04 Å². The molecule has 3 rings (SSSR count). The normalized spacial score (nSPS) is 22.3. The van der Waals surface area contributed by atoms with E-state index in [-0.39, 0.29) is 0 Å². The van der Waals surface area contributed by atoms with E-state index in [9.17, 15) is 0 Å². The van der Waals surface area contributed by atoms with E-state index in [1.54, 1.807) is 0 Å². The Hall–Kier alpha value is -1.68. The van der Waals surface area contributed by atoms with Gasteiger partial charge in [0.05, 0.1) is 6.54 Å². The monoisotopic (exact) mass is 284 g/mol. The molecule has 0 unspecified atom stereocenters. The number of hydrogen-bond acceptors (Lipinski definition) is 3. The van der Waals surface area contributed by atoms with Crippen LogP contribution in [0.1, 0.15) is 49.9 Å². The molecule has 21 heavy (non-hydrogen) atoms. The fraction of sp³-hybridized carbons (Fsp3) is 0.529. The second-order valence-corrected chi connectivity index (χ2v) is 5.87. The predicted molar refractivity (Wildman–Crippen MR) is 84.0 cm³/mol. The van der Waals surface area contributed by atoms with Crippen molar-refractivity contribution in [2.75, 3.05) is 0 Å². The molecule has 4 nitrogen and oxygen atoms in total. The van der Waals surface area contributed by atoms with Crippen LogP contribution in [0.2, 0.25) is 0 Å². The Morgan fingerprint density at radius 3 is 2.62 bits per heavy atom. The number of aryl methyl sites for hydroxylation is 1. The third kappa shape index (κ3) is 3.50. The van der Waals surface area contributed by atoms with Crippen LogP contribution < -0.4 is 5.32 Å². The van der Waals surface area contributed by atoms with Crippen LogP contribution in [0.15, 0.2) is 36.7 Å². The molecule has 0 amide bonds. The van der Waals surface area contributed by atoms with Gasteiger partial charge in [0.25, 0.3) is 0 Å². The highest BCUT2D eigenvalue weighted by molar-refractivity contribution is 5.20. The first-order valence-electron chi connectivity index (χ1n) is 8.02. The molecule has 4 heteroatoms. The number of benzene rings is 1. The smallest absolute Gasteiger partial charge is 0.146 e. The van der Waals surface area contributed by atoms with Crippen LogP contribution in [0.25, 0.3) is 0 Å². The van der Waals surface area contributed by atoms with Gasteiger partial charge in [0.1, 0.15) is 12.2 Å². The molecular formula is C17H24N4. The van der Waals surface area contributed by atoms with Crippen molar-refractivity contribution in [3.8, 4) is 0 Å². The van der Waals surface area contributed by atoms with E-state index in [1.165, 1.54) is 31.2 Å². The minimum Gasteiger partial charge on any atom is -0.317 e. The molecule has 1 aliphatic rings. The van der Waals surface area contributed by atoms with Gasteiger partial charge in [0, 0.05) is 12.6 Å². The summed E-state index contributed by atoms with van der Waals surface area (Å²) >= 11 is 0. The van der Waals surface area contributed by atoms with Gasteiger partial charge in [0.15, 0.2) is 0 Å². The molecule has 0 bridgehead atoms. The first-order chi connectivity index (χ1) is 10.4. The van der Waals surface area contributed by atoms with Crippen LogP contribution in [-0.4, -0.2) is 20.8 Å². The van der Waals surface area contributed by atoms with Gasteiger partial charge < -0.3 is 9.88 Å². The van der Waals surface area contributed by atoms with E-state index < -0.39 is 0 Å². The van der Waals surface area contributed by atoms with Gasteiger partial charge in [-0.15, -0.1) is 10.2 Å². The summed E-state index contributed by atoms with van der Waals surface area (Å²) < 4.78 is 2.10. The zero-order valence-electron chi connectivity index (χ0n) is 12.7. The van der Waals surface area contributed by atoms with E-state index in [0.717, 1.165) is 24.8 Å².